The molecule has 1 fully saturated rings. The molecule has 34 heavy (non-hydrogen) atoms. The SMILES string of the molecule is CCCCOc1cc([N+](=O)[O-])c(OCCCC)cc1N1CCN(C(=O)C(CC)CCCC)CC1. The van der Waals surface area contributed by atoms with Crippen LogP contribution in [-0.2, 0) is 4.79 Å². The highest BCUT2D eigenvalue weighted by Crippen LogP contribution is 2.40. The second kappa shape index (κ2) is 14.7. The number of carbonyl (C=O) groups is 1. The molecule has 192 valence electrons. The summed E-state index contributed by atoms with van der Waals surface area (Å²) >= 11 is 0. The van der Waals surface area contributed by atoms with Gasteiger partial charge in [0.05, 0.1) is 29.9 Å². The molecule has 0 aromatic heterocycles. The first-order valence-electron chi connectivity index (χ1n) is 13.1. The highest BCUT2D eigenvalue weighted by atomic mass is 16.6. The molecule has 1 aromatic carbocycles. The number of carbonyl (C=O) groups excluding carboxylic acids is 1. The summed E-state index contributed by atoms with van der Waals surface area (Å²) in [5, 5.41) is 11.7. The van der Waals surface area contributed by atoms with Crippen molar-refractivity contribution in [1.82, 2.24) is 4.90 Å². The van der Waals surface area contributed by atoms with Crippen LogP contribution in [0.25, 0.3) is 0 Å². The molecule has 1 aromatic rings. The van der Waals surface area contributed by atoms with E-state index < -0.39 is 4.92 Å². The molecule has 1 aliphatic rings. The van der Waals surface area contributed by atoms with Crippen molar-refractivity contribution in [2.45, 2.75) is 79.1 Å². The number of rotatable bonds is 15. The van der Waals surface area contributed by atoms with E-state index in [2.05, 4.69) is 32.6 Å². The van der Waals surface area contributed by atoms with Gasteiger partial charge in [0, 0.05) is 38.2 Å². The van der Waals surface area contributed by atoms with Gasteiger partial charge in [-0.25, -0.2) is 0 Å². The Bertz CT molecular complexity index is 778. The van der Waals surface area contributed by atoms with Crippen molar-refractivity contribution in [2.75, 3.05) is 44.3 Å². The molecular formula is C26H43N3O5. The Morgan fingerprint density at radius 2 is 1.53 bits per heavy atom. The number of unbranched alkanes of at least 4 members (excludes halogenated alkanes) is 3. The van der Waals surface area contributed by atoms with E-state index in [0.717, 1.165) is 57.1 Å². The number of anilines is 1. The van der Waals surface area contributed by atoms with Crippen molar-refractivity contribution in [3.05, 3.63) is 22.2 Å². The van der Waals surface area contributed by atoms with Crippen LogP contribution in [0.1, 0.15) is 79.1 Å². The zero-order valence-electron chi connectivity index (χ0n) is 21.5. The molecular weight excluding hydrogens is 434 g/mol. The monoisotopic (exact) mass is 477 g/mol. The number of nitro benzene ring substituents is 1. The molecule has 0 spiro atoms. The number of benzene rings is 1. The van der Waals surface area contributed by atoms with Crippen molar-refractivity contribution in [3.63, 3.8) is 0 Å². The molecule has 0 bridgehead atoms. The minimum absolute atomic E-state index is 0.0677. The maximum Gasteiger partial charge on any atom is 0.314 e. The van der Waals surface area contributed by atoms with Crippen LogP contribution in [0, 0.1) is 16.0 Å². The standard InChI is InChI=1S/C26H43N3O5/c1-5-9-12-21(8-4)26(30)28-15-13-27(14-16-28)22-19-25(34-18-11-7-3)23(29(31)32)20-24(22)33-17-10-6-2/h19-21H,5-18H2,1-4H3. The highest BCUT2D eigenvalue weighted by molar-refractivity contribution is 5.79. The topological polar surface area (TPSA) is 85.2 Å². The van der Waals surface area contributed by atoms with Gasteiger partial charge in [-0.1, -0.05) is 53.4 Å². The Morgan fingerprint density at radius 1 is 0.941 bits per heavy atom. The van der Waals surface area contributed by atoms with Gasteiger partial charge in [0.1, 0.15) is 5.75 Å². The van der Waals surface area contributed by atoms with Crippen LogP contribution < -0.4 is 14.4 Å². The molecule has 0 aliphatic carbocycles. The van der Waals surface area contributed by atoms with Crippen LogP contribution in [0.2, 0.25) is 0 Å². The number of amides is 1. The van der Waals surface area contributed by atoms with E-state index in [1.807, 2.05) is 4.90 Å². The zero-order chi connectivity index (χ0) is 24.9. The maximum atomic E-state index is 13.0. The van der Waals surface area contributed by atoms with Crippen LogP contribution in [-0.4, -0.2) is 55.1 Å². The van der Waals surface area contributed by atoms with Gasteiger partial charge in [-0.2, -0.15) is 0 Å². The van der Waals surface area contributed by atoms with Crippen molar-refractivity contribution in [3.8, 4) is 11.5 Å². The molecule has 1 amide bonds. The van der Waals surface area contributed by atoms with Gasteiger partial charge in [0.25, 0.3) is 0 Å². The third kappa shape index (κ3) is 7.77. The van der Waals surface area contributed by atoms with E-state index >= 15 is 0 Å². The molecule has 8 heteroatoms. The molecule has 1 saturated heterocycles. The van der Waals surface area contributed by atoms with Crippen molar-refractivity contribution in [2.24, 2.45) is 5.92 Å². The third-order valence-corrected chi connectivity index (χ3v) is 6.43. The van der Waals surface area contributed by atoms with Gasteiger partial charge in [0.15, 0.2) is 5.75 Å². The predicted octanol–water partition coefficient (Wildman–Crippen LogP) is 5.82. The van der Waals surface area contributed by atoms with Crippen molar-refractivity contribution >= 4 is 17.3 Å². The molecule has 0 saturated carbocycles. The summed E-state index contributed by atoms with van der Waals surface area (Å²) in [5.41, 5.74) is 0.736. The first-order chi connectivity index (χ1) is 16.5. The van der Waals surface area contributed by atoms with E-state index in [-0.39, 0.29) is 23.3 Å². The zero-order valence-corrected chi connectivity index (χ0v) is 21.5. The molecule has 1 heterocycles. The van der Waals surface area contributed by atoms with Crippen LogP contribution in [0.3, 0.4) is 0 Å². The molecule has 1 unspecified atom stereocenters. The lowest BCUT2D eigenvalue weighted by Crippen LogP contribution is -2.50. The van der Waals surface area contributed by atoms with Gasteiger partial charge in [0.2, 0.25) is 5.91 Å². The first-order valence-corrected chi connectivity index (χ1v) is 13.1. The Hall–Kier alpha value is -2.51. The van der Waals surface area contributed by atoms with Crippen LogP contribution in [0.15, 0.2) is 12.1 Å². The summed E-state index contributed by atoms with van der Waals surface area (Å²) in [4.78, 5) is 28.5. The third-order valence-electron chi connectivity index (χ3n) is 6.43. The Balaban J connectivity index is 2.22. The lowest BCUT2D eigenvalue weighted by atomic mass is 9.97. The summed E-state index contributed by atoms with van der Waals surface area (Å²) in [7, 11) is 0. The predicted molar refractivity (Wildman–Crippen MR) is 136 cm³/mol. The van der Waals surface area contributed by atoms with E-state index in [1.165, 1.54) is 6.07 Å². The largest absolute Gasteiger partial charge is 0.491 e. The van der Waals surface area contributed by atoms with Crippen molar-refractivity contribution in [1.29, 1.82) is 0 Å². The minimum Gasteiger partial charge on any atom is -0.491 e. The fourth-order valence-corrected chi connectivity index (χ4v) is 4.19. The Labute approximate surface area is 204 Å². The molecule has 0 radical (unpaired) electrons. The second-order valence-electron chi connectivity index (χ2n) is 9.01. The molecule has 8 nitrogen and oxygen atoms in total. The van der Waals surface area contributed by atoms with Crippen LogP contribution in [0.4, 0.5) is 11.4 Å². The number of nitrogens with zero attached hydrogens (tertiary/aromatic N) is 3. The van der Waals surface area contributed by atoms with Gasteiger partial charge >= 0.3 is 5.69 Å². The highest BCUT2D eigenvalue weighted by Gasteiger charge is 2.29. The second-order valence-corrected chi connectivity index (χ2v) is 9.01. The normalized spacial score (nSPS) is 14.7. The number of piperazine rings is 1. The molecule has 1 aliphatic heterocycles. The minimum atomic E-state index is -0.407. The Morgan fingerprint density at radius 3 is 2.06 bits per heavy atom. The van der Waals surface area contributed by atoms with Gasteiger partial charge in [-0.15, -0.1) is 0 Å². The van der Waals surface area contributed by atoms with E-state index in [1.54, 1.807) is 6.07 Å². The molecule has 1 atom stereocenters. The Kier molecular flexibility index (Phi) is 12.0. The number of hydrogen-bond acceptors (Lipinski definition) is 6. The smallest absolute Gasteiger partial charge is 0.314 e. The summed E-state index contributed by atoms with van der Waals surface area (Å²) in [6.45, 7) is 11.9. The first kappa shape index (κ1) is 27.7. The summed E-state index contributed by atoms with van der Waals surface area (Å²) in [6.07, 6.45) is 7.63. The number of nitro groups is 1. The lowest BCUT2D eigenvalue weighted by molar-refractivity contribution is -0.385. The quantitative estimate of drug-likeness (QED) is 0.180. The van der Waals surface area contributed by atoms with E-state index in [4.69, 9.17) is 9.47 Å². The number of hydrogen-bond donors (Lipinski definition) is 0. The van der Waals surface area contributed by atoms with Gasteiger partial charge in [-0.05, 0) is 25.7 Å². The average Bonchev–Trinajstić information content (AvgIpc) is 2.85. The van der Waals surface area contributed by atoms with Crippen LogP contribution in [0.5, 0.6) is 11.5 Å². The molecule has 2 rings (SSSR count). The number of ether oxygens (including phenoxy) is 2. The average molecular weight is 478 g/mol. The van der Waals surface area contributed by atoms with E-state index in [0.29, 0.717) is 45.1 Å². The summed E-state index contributed by atoms with van der Waals surface area (Å²) in [5.74, 6) is 1.14. The lowest BCUT2D eigenvalue weighted by Gasteiger charge is -2.38. The fourth-order valence-electron chi connectivity index (χ4n) is 4.19. The summed E-state index contributed by atoms with van der Waals surface area (Å²) < 4.78 is 11.8. The van der Waals surface area contributed by atoms with Gasteiger partial charge < -0.3 is 19.3 Å². The maximum absolute atomic E-state index is 13.0. The van der Waals surface area contributed by atoms with Gasteiger partial charge in [-0.3, -0.25) is 14.9 Å². The summed E-state index contributed by atoms with van der Waals surface area (Å²) in [6, 6.07) is 3.25. The van der Waals surface area contributed by atoms with E-state index in [9.17, 15) is 14.9 Å². The fraction of sp³-hybridized carbons (Fsp3) is 0.731. The van der Waals surface area contributed by atoms with Crippen molar-refractivity contribution < 1.29 is 19.2 Å². The van der Waals surface area contributed by atoms with Crippen LogP contribution >= 0.6 is 0 Å². The molecule has 0 N–H and O–H groups in total.